The number of nitrogens with zero attached hydrogens (tertiary/aromatic N) is 2. The zero-order chi connectivity index (χ0) is 24.3. The van der Waals surface area contributed by atoms with Gasteiger partial charge in [-0.15, -0.1) is 0 Å². The minimum atomic E-state index is -3.84. The van der Waals surface area contributed by atoms with E-state index in [1.165, 1.54) is 52.8 Å². The summed E-state index contributed by atoms with van der Waals surface area (Å²) in [5.41, 5.74) is 0.787. The van der Waals surface area contributed by atoms with E-state index in [1.807, 2.05) is 0 Å². The first-order valence-corrected chi connectivity index (χ1v) is 11.7. The smallest absolute Gasteiger partial charge is 0.269 e. The Bertz CT molecular complexity index is 1310. The van der Waals surface area contributed by atoms with E-state index < -0.39 is 20.9 Å². The summed E-state index contributed by atoms with van der Waals surface area (Å²) in [6.45, 7) is 1.66. The first-order valence-electron chi connectivity index (χ1n) is 10.3. The monoisotopic (exact) mass is 483 g/mol. The maximum atomic E-state index is 13.3. The molecule has 3 aromatic rings. The molecule has 0 aromatic heterocycles. The van der Waals surface area contributed by atoms with E-state index in [1.54, 1.807) is 31.2 Å². The Hall–Kier alpha value is -4.12. The van der Waals surface area contributed by atoms with Crippen LogP contribution in [-0.4, -0.2) is 38.5 Å². The van der Waals surface area contributed by atoms with Gasteiger partial charge in [-0.25, -0.2) is 8.42 Å². The summed E-state index contributed by atoms with van der Waals surface area (Å²) in [7, 11) is -3.84. The molecule has 0 spiro atoms. The van der Waals surface area contributed by atoms with Crippen molar-refractivity contribution in [3.05, 3.63) is 82.9 Å². The van der Waals surface area contributed by atoms with Crippen LogP contribution in [0.4, 0.5) is 17.1 Å². The van der Waals surface area contributed by atoms with E-state index in [-0.39, 0.29) is 29.8 Å². The van der Waals surface area contributed by atoms with E-state index in [4.69, 9.17) is 9.47 Å². The van der Waals surface area contributed by atoms with Crippen LogP contribution < -0.4 is 19.1 Å². The number of hydrogen-bond donors (Lipinski definition) is 1. The third kappa shape index (κ3) is 4.94. The molecule has 34 heavy (non-hydrogen) atoms. The maximum Gasteiger partial charge on any atom is 0.269 e. The number of rotatable bonds is 7. The molecule has 0 unspecified atom stereocenters. The SMILES string of the molecule is C[C@@H]1CN(S(=O)(=O)c2ccc(NC(=O)COc3ccc([N+](=O)[O-])cc3)cc2)c2ccccc2O1. The molecule has 1 aliphatic rings. The Morgan fingerprint density at radius 3 is 2.47 bits per heavy atom. The zero-order valence-electron chi connectivity index (χ0n) is 18.1. The van der Waals surface area contributed by atoms with Crippen molar-refractivity contribution in [1.82, 2.24) is 0 Å². The number of nitro benzene ring substituents is 1. The summed E-state index contributed by atoms with van der Waals surface area (Å²) in [4.78, 5) is 22.4. The Morgan fingerprint density at radius 2 is 1.79 bits per heavy atom. The van der Waals surface area contributed by atoms with Gasteiger partial charge >= 0.3 is 0 Å². The summed E-state index contributed by atoms with van der Waals surface area (Å²) in [5, 5.41) is 13.3. The minimum Gasteiger partial charge on any atom is -0.487 e. The number of carbonyl (C=O) groups is 1. The zero-order valence-corrected chi connectivity index (χ0v) is 18.9. The second-order valence-electron chi connectivity index (χ2n) is 7.54. The lowest BCUT2D eigenvalue weighted by Gasteiger charge is -2.34. The number of non-ortho nitro benzene ring substituents is 1. The molecule has 11 heteroatoms. The van der Waals surface area contributed by atoms with Crippen LogP contribution in [0.25, 0.3) is 0 Å². The molecular weight excluding hydrogens is 462 g/mol. The van der Waals surface area contributed by atoms with Gasteiger partial charge in [-0.1, -0.05) is 12.1 Å². The molecule has 10 nitrogen and oxygen atoms in total. The lowest BCUT2D eigenvalue weighted by atomic mass is 10.2. The predicted molar refractivity (Wildman–Crippen MR) is 125 cm³/mol. The molecule has 0 fully saturated rings. The normalized spacial score (nSPS) is 15.1. The summed E-state index contributed by atoms with van der Waals surface area (Å²) >= 11 is 0. The van der Waals surface area contributed by atoms with Crippen molar-refractivity contribution in [2.24, 2.45) is 0 Å². The van der Waals surface area contributed by atoms with E-state index in [9.17, 15) is 23.3 Å². The van der Waals surface area contributed by atoms with Crippen LogP contribution in [0.2, 0.25) is 0 Å². The number of para-hydroxylation sites is 2. The van der Waals surface area contributed by atoms with Crippen molar-refractivity contribution >= 4 is 33.0 Å². The molecule has 1 N–H and O–H groups in total. The molecule has 3 aromatic carbocycles. The van der Waals surface area contributed by atoms with Crippen LogP contribution in [0.1, 0.15) is 6.92 Å². The fourth-order valence-electron chi connectivity index (χ4n) is 3.42. The van der Waals surface area contributed by atoms with Crippen LogP contribution in [0.5, 0.6) is 11.5 Å². The maximum absolute atomic E-state index is 13.3. The van der Waals surface area contributed by atoms with Gasteiger partial charge in [-0.2, -0.15) is 0 Å². The van der Waals surface area contributed by atoms with Gasteiger partial charge < -0.3 is 14.8 Å². The van der Waals surface area contributed by atoms with Gasteiger partial charge in [0.1, 0.15) is 17.6 Å². The number of anilines is 2. The van der Waals surface area contributed by atoms with Crippen LogP contribution in [0.15, 0.2) is 77.7 Å². The Labute approximate surface area is 195 Å². The summed E-state index contributed by atoms with van der Waals surface area (Å²) < 4.78 is 38.9. The Morgan fingerprint density at radius 1 is 1.12 bits per heavy atom. The minimum absolute atomic E-state index is 0.0801. The molecule has 0 aliphatic carbocycles. The number of hydrogen-bond acceptors (Lipinski definition) is 7. The molecule has 0 radical (unpaired) electrons. The first kappa shape index (κ1) is 23.1. The van der Waals surface area contributed by atoms with E-state index in [0.29, 0.717) is 22.9 Å². The molecule has 1 aliphatic heterocycles. The number of carbonyl (C=O) groups excluding carboxylic acids is 1. The van der Waals surface area contributed by atoms with E-state index >= 15 is 0 Å². The molecule has 0 bridgehead atoms. The third-order valence-electron chi connectivity index (χ3n) is 5.03. The van der Waals surface area contributed by atoms with Gasteiger partial charge in [-0.3, -0.25) is 19.2 Å². The van der Waals surface area contributed by atoms with Crippen LogP contribution in [0.3, 0.4) is 0 Å². The average molecular weight is 484 g/mol. The summed E-state index contributed by atoms with van der Waals surface area (Å²) in [6, 6.07) is 18.1. The average Bonchev–Trinajstić information content (AvgIpc) is 2.82. The van der Waals surface area contributed by atoms with Gasteiger partial charge in [0, 0.05) is 17.8 Å². The molecule has 0 saturated carbocycles. The number of ether oxygens (including phenoxy) is 2. The standard InChI is InChI=1S/C23H21N3O7S/c1-16-14-25(21-4-2-3-5-22(21)33-16)34(30,31)20-12-6-17(7-13-20)24-23(27)15-32-19-10-8-18(9-11-19)26(28)29/h2-13,16H,14-15H2,1H3,(H,24,27)/t16-/m1/s1. The molecule has 0 saturated heterocycles. The summed E-state index contributed by atoms with van der Waals surface area (Å²) in [6.07, 6.45) is -0.306. The molecule has 176 valence electrons. The molecule has 1 atom stereocenters. The molecule has 4 rings (SSSR count). The highest BCUT2D eigenvalue weighted by Crippen LogP contribution is 2.36. The highest BCUT2D eigenvalue weighted by atomic mass is 32.2. The van der Waals surface area contributed by atoms with Crippen molar-refractivity contribution in [3.8, 4) is 11.5 Å². The van der Waals surface area contributed by atoms with Crippen LogP contribution in [-0.2, 0) is 14.8 Å². The third-order valence-corrected chi connectivity index (χ3v) is 6.82. The second-order valence-corrected chi connectivity index (χ2v) is 9.41. The highest BCUT2D eigenvalue weighted by Gasteiger charge is 2.32. The van der Waals surface area contributed by atoms with Gasteiger partial charge in [0.05, 0.1) is 22.1 Å². The van der Waals surface area contributed by atoms with Crippen molar-refractivity contribution in [1.29, 1.82) is 0 Å². The molecule has 1 amide bonds. The predicted octanol–water partition coefficient (Wildman–Crippen LogP) is 3.59. The fraction of sp³-hybridized carbons (Fsp3) is 0.174. The van der Waals surface area contributed by atoms with Gasteiger partial charge in [0.25, 0.3) is 21.6 Å². The number of amides is 1. The highest BCUT2D eigenvalue weighted by molar-refractivity contribution is 7.92. The van der Waals surface area contributed by atoms with Crippen LogP contribution >= 0.6 is 0 Å². The van der Waals surface area contributed by atoms with Crippen molar-refractivity contribution in [2.45, 2.75) is 17.9 Å². The van der Waals surface area contributed by atoms with Crippen LogP contribution in [0, 0.1) is 10.1 Å². The van der Waals surface area contributed by atoms with Gasteiger partial charge in [0.15, 0.2) is 6.61 Å². The number of nitro groups is 1. The number of fused-ring (bicyclic) bond motifs is 1. The Balaban J connectivity index is 1.41. The number of sulfonamides is 1. The lowest BCUT2D eigenvalue weighted by molar-refractivity contribution is -0.384. The number of nitrogens with one attached hydrogen (secondary N) is 1. The lowest BCUT2D eigenvalue weighted by Crippen LogP contribution is -2.42. The topological polar surface area (TPSA) is 128 Å². The first-order chi connectivity index (χ1) is 16.2. The largest absolute Gasteiger partial charge is 0.487 e. The fourth-order valence-corrected chi connectivity index (χ4v) is 4.97. The van der Waals surface area contributed by atoms with Crippen molar-refractivity contribution in [2.75, 3.05) is 22.8 Å². The van der Waals surface area contributed by atoms with E-state index in [0.717, 1.165) is 0 Å². The van der Waals surface area contributed by atoms with E-state index in [2.05, 4.69) is 5.32 Å². The van der Waals surface area contributed by atoms with Gasteiger partial charge in [-0.05, 0) is 55.5 Å². The van der Waals surface area contributed by atoms with Gasteiger partial charge in [0.2, 0.25) is 0 Å². The van der Waals surface area contributed by atoms with Crippen molar-refractivity contribution < 1.29 is 27.6 Å². The van der Waals surface area contributed by atoms with Crippen molar-refractivity contribution in [3.63, 3.8) is 0 Å². The second kappa shape index (κ2) is 9.40. The number of benzene rings is 3. The quantitative estimate of drug-likeness (QED) is 0.402. The molecule has 1 heterocycles. The summed E-state index contributed by atoms with van der Waals surface area (Å²) in [5.74, 6) is 0.342. The Kier molecular flexibility index (Phi) is 6.37. The molecular formula is C23H21N3O7S.